The lowest BCUT2D eigenvalue weighted by Gasteiger charge is -2.30. The lowest BCUT2D eigenvalue weighted by molar-refractivity contribution is -0.152. The van der Waals surface area contributed by atoms with Crippen molar-refractivity contribution in [1.29, 1.82) is 5.41 Å². The first kappa shape index (κ1) is 46.8. The molecule has 3 aliphatic rings. The van der Waals surface area contributed by atoms with Crippen molar-refractivity contribution in [2.45, 2.75) is 69.7 Å². The average molecular weight is 934 g/mol. The van der Waals surface area contributed by atoms with Crippen LogP contribution in [0.1, 0.15) is 77.3 Å². The minimum atomic E-state index is -1.03. The van der Waals surface area contributed by atoms with E-state index in [9.17, 15) is 29.4 Å². The van der Waals surface area contributed by atoms with E-state index < -0.39 is 29.7 Å². The number of rotatable bonds is 20. The van der Waals surface area contributed by atoms with Gasteiger partial charge in [-0.05, 0) is 60.9 Å². The highest BCUT2D eigenvalue weighted by molar-refractivity contribution is 6.25. The molecule has 0 spiro atoms. The largest absolute Gasteiger partial charge is 0.462 e. The number of esters is 1. The number of nitrogens with one attached hydrogen (secondary N) is 3. The molecule has 4 aromatic carbocycles. The summed E-state index contributed by atoms with van der Waals surface area (Å²) in [6.45, 7) is 2.76. The standard InChI is InChI=1S/C53H55N7O9/c54-49-47-45(36-13-6-2-7-14-36)48(37-15-8-3-9-16-37)58(33-35-11-4-1-5-12-35)50(47)56-34-59(49)38-19-21-39(22-20-38)69-44(62)25-27-66-29-31-68-32-30-67-28-26-55-41-18-10-17-40-46(41)53(65)60(52(40)64)42-23-24-43(61)57-51(42)63/h1-18,34,38-39,42,54-55H,19-33H2,(H,57,61,63). The van der Waals surface area contributed by atoms with Crippen molar-refractivity contribution >= 4 is 46.3 Å². The molecule has 356 valence electrons. The summed E-state index contributed by atoms with van der Waals surface area (Å²) in [5.74, 6) is -2.52. The summed E-state index contributed by atoms with van der Waals surface area (Å²) in [4.78, 5) is 69.2. The monoisotopic (exact) mass is 933 g/mol. The van der Waals surface area contributed by atoms with E-state index in [4.69, 9.17) is 23.9 Å². The Morgan fingerprint density at radius 1 is 0.710 bits per heavy atom. The molecule has 1 saturated heterocycles. The van der Waals surface area contributed by atoms with Crippen molar-refractivity contribution in [2.75, 3.05) is 51.5 Å². The summed E-state index contributed by atoms with van der Waals surface area (Å²) in [5.41, 5.74) is 7.29. The maximum Gasteiger partial charge on any atom is 0.308 e. The number of benzene rings is 4. The van der Waals surface area contributed by atoms with E-state index in [2.05, 4.69) is 51.6 Å². The summed E-state index contributed by atoms with van der Waals surface area (Å²) >= 11 is 0. The first-order chi connectivity index (χ1) is 33.8. The van der Waals surface area contributed by atoms with Gasteiger partial charge in [0.05, 0.1) is 74.6 Å². The summed E-state index contributed by atoms with van der Waals surface area (Å²) in [7, 11) is 0. The Morgan fingerprint density at radius 2 is 1.36 bits per heavy atom. The SMILES string of the molecule is N=c1c2c(-c3ccccc3)c(-c3ccccc3)n(Cc3ccccc3)c2ncn1C1CCC(OC(=O)CCOCCOCCOCCNc2cccc3c2C(=O)N(C2CCC(=O)NC2=O)C3=O)CC1. The van der Waals surface area contributed by atoms with Crippen LogP contribution in [-0.2, 0) is 39.9 Å². The second-order valence-electron chi connectivity index (χ2n) is 17.3. The van der Waals surface area contributed by atoms with Gasteiger partial charge in [-0.1, -0.05) is 97.1 Å². The summed E-state index contributed by atoms with van der Waals surface area (Å²) < 4.78 is 27.0. The normalized spacial score (nSPS) is 18.1. The van der Waals surface area contributed by atoms with E-state index in [1.165, 1.54) is 0 Å². The minimum absolute atomic E-state index is 0.0350. The molecule has 9 rings (SSSR count). The fraction of sp³-hybridized carbons (Fsp3) is 0.340. The Hall–Kier alpha value is -7.27. The van der Waals surface area contributed by atoms with Gasteiger partial charge in [-0.3, -0.25) is 39.6 Å². The number of nitrogens with zero attached hydrogens (tertiary/aromatic N) is 4. The lowest BCUT2D eigenvalue weighted by atomic mass is 9.92. The zero-order valence-electron chi connectivity index (χ0n) is 38.3. The molecule has 4 heterocycles. The van der Waals surface area contributed by atoms with Crippen molar-refractivity contribution in [3.8, 4) is 22.4 Å². The fourth-order valence-electron chi connectivity index (χ4n) is 9.55. The number of carbonyl (C=O) groups excluding carboxylic acids is 5. The number of piperidine rings is 1. The smallest absolute Gasteiger partial charge is 0.308 e. The summed E-state index contributed by atoms with van der Waals surface area (Å²) in [5, 5.41) is 15.9. The number of ether oxygens (including phenoxy) is 4. The lowest BCUT2D eigenvalue weighted by Crippen LogP contribution is -2.54. The number of hydrogen-bond acceptors (Lipinski definition) is 12. The number of imide groups is 2. The molecule has 2 aromatic heterocycles. The van der Waals surface area contributed by atoms with Gasteiger partial charge in [0, 0.05) is 36.8 Å². The van der Waals surface area contributed by atoms with Gasteiger partial charge in [0.25, 0.3) is 11.8 Å². The van der Waals surface area contributed by atoms with Crippen molar-refractivity contribution in [3.63, 3.8) is 0 Å². The van der Waals surface area contributed by atoms with Crippen LogP contribution in [0.3, 0.4) is 0 Å². The molecule has 69 heavy (non-hydrogen) atoms. The third-order valence-electron chi connectivity index (χ3n) is 12.9. The van der Waals surface area contributed by atoms with Crippen LogP contribution in [0.25, 0.3) is 33.4 Å². The highest BCUT2D eigenvalue weighted by atomic mass is 16.6. The number of aromatic nitrogens is 3. The number of amides is 4. The molecular weight excluding hydrogens is 879 g/mol. The zero-order valence-corrected chi connectivity index (χ0v) is 38.3. The van der Waals surface area contributed by atoms with E-state index in [1.54, 1.807) is 18.2 Å². The summed E-state index contributed by atoms with van der Waals surface area (Å²) in [6.07, 6.45) is 4.75. The molecule has 4 amide bonds. The number of carbonyl (C=O) groups is 5. The first-order valence-corrected chi connectivity index (χ1v) is 23.6. The van der Waals surface area contributed by atoms with Gasteiger partial charge in [0.2, 0.25) is 11.8 Å². The molecule has 1 atom stereocenters. The molecule has 6 aromatic rings. The Bertz CT molecular complexity index is 2880. The molecule has 3 N–H and O–H groups in total. The van der Waals surface area contributed by atoms with Gasteiger partial charge in [-0.2, -0.15) is 0 Å². The first-order valence-electron chi connectivity index (χ1n) is 23.6. The fourth-order valence-corrected chi connectivity index (χ4v) is 9.55. The predicted octanol–water partition coefficient (Wildman–Crippen LogP) is 6.68. The van der Waals surface area contributed by atoms with Crippen LogP contribution in [0.5, 0.6) is 0 Å². The minimum Gasteiger partial charge on any atom is -0.462 e. The van der Waals surface area contributed by atoms with Gasteiger partial charge in [0.15, 0.2) is 0 Å². The molecular formula is C53H55N7O9. The molecule has 1 unspecified atom stereocenters. The van der Waals surface area contributed by atoms with Crippen LogP contribution >= 0.6 is 0 Å². The van der Waals surface area contributed by atoms with Crippen molar-refractivity contribution in [2.24, 2.45) is 0 Å². The van der Waals surface area contributed by atoms with E-state index in [-0.39, 0.29) is 55.1 Å². The maximum absolute atomic E-state index is 13.3. The van der Waals surface area contributed by atoms with E-state index in [0.717, 1.165) is 56.7 Å². The van der Waals surface area contributed by atoms with Crippen LogP contribution in [-0.4, -0.2) is 107 Å². The summed E-state index contributed by atoms with van der Waals surface area (Å²) in [6, 6.07) is 34.9. The topological polar surface area (TPSA) is 196 Å². The van der Waals surface area contributed by atoms with E-state index in [0.29, 0.717) is 70.1 Å². The zero-order chi connectivity index (χ0) is 47.7. The van der Waals surface area contributed by atoms with Gasteiger partial charge < -0.3 is 33.4 Å². The van der Waals surface area contributed by atoms with Gasteiger partial charge in [0.1, 0.15) is 23.3 Å². The van der Waals surface area contributed by atoms with Crippen LogP contribution in [0.2, 0.25) is 0 Å². The van der Waals surface area contributed by atoms with Crippen molar-refractivity contribution in [3.05, 3.63) is 138 Å². The molecule has 2 fully saturated rings. The predicted molar refractivity (Wildman–Crippen MR) is 256 cm³/mol. The molecule has 0 radical (unpaired) electrons. The maximum atomic E-state index is 13.3. The van der Waals surface area contributed by atoms with Gasteiger partial charge in [-0.25, -0.2) is 4.98 Å². The van der Waals surface area contributed by atoms with Crippen molar-refractivity contribution in [1.82, 2.24) is 24.3 Å². The van der Waals surface area contributed by atoms with Gasteiger partial charge in [-0.15, -0.1) is 0 Å². The molecule has 0 bridgehead atoms. The Labute approximate surface area is 399 Å². The van der Waals surface area contributed by atoms with Crippen molar-refractivity contribution < 1.29 is 42.9 Å². The Balaban J connectivity index is 0.695. The van der Waals surface area contributed by atoms with Crippen LogP contribution in [0, 0.1) is 5.41 Å². The average Bonchev–Trinajstić information content (AvgIpc) is 3.83. The van der Waals surface area contributed by atoms with Gasteiger partial charge >= 0.3 is 5.97 Å². The van der Waals surface area contributed by atoms with Crippen LogP contribution < -0.4 is 16.1 Å². The van der Waals surface area contributed by atoms with Crippen LogP contribution in [0.4, 0.5) is 5.69 Å². The highest BCUT2D eigenvalue weighted by Crippen LogP contribution is 2.40. The molecule has 2 aliphatic heterocycles. The second kappa shape index (κ2) is 21.8. The highest BCUT2D eigenvalue weighted by Gasteiger charge is 2.45. The molecule has 16 heteroatoms. The Kier molecular flexibility index (Phi) is 14.8. The molecule has 16 nitrogen and oxygen atoms in total. The molecule has 1 saturated carbocycles. The number of anilines is 1. The van der Waals surface area contributed by atoms with E-state index >= 15 is 0 Å². The third-order valence-corrected chi connectivity index (χ3v) is 12.9. The second-order valence-corrected chi connectivity index (χ2v) is 17.3. The van der Waals surface area contributed by atoms with Crippen LogP contribution in [0.15, 0.2) is 116 Å². The number of hydrogen-bond donors (Lipinski definition) is 3. The Morgan fingerprint density at radius 3 is 2.06 bits per heavy atom. The third kappa shape index (κ3) is 10.4. The molecule has 1 aliphatic carbocycles. The van der Waals surface area contributed by atoms with E-state index in [1.807, 2.05) is 65.5 Å². The number of fused-ring (bicyclic) bond motifs is 2. The quantitative estimate of drug-likeness (QED) is 0.0420.